The zero-order valence-corrected chi connectivity index (χ0v) is 31.7. The lowest BCUT2D eigenvalue weighted by atomic mass is 9.78. The quantitative estimate of drug-likeness (QED) is 0.128. The Morgan fingerprint density at radius 3 is 1.38 bits per heavy atom. The highest BCUT2D eigenvalue weighted by molar-refractivity contribution is 7.92. The fourth-order valence-electron chi connectivity index (χ4n) is 5.92. The standard InChI is InChI=1S/C41H36O9S3/c1-28-5-19-35(20-6-28)52(44,45)38-25-26-39(40(27-38)53(46,47)48)41(2,3)31-11-21-36(22-12-31)51(42,43)37-23-17-34(18-24-37)50-33-15-9-30(10-16-33)29-7-13-32(49-4)14-8-29/h5-27H,1-4H3,(H,46,47,48). The molecule has 0 aliphatic carbocycles. The minimum Gasteiger partial charge on any atom is -0.497 e. The van der Waals surface area contributed by atoms with Crippen molar-refractivity contribution in [3.05, 3.63) is 156 Å². The van der Waals surface area contributed by atoms with Crippen LogP contribution in [0.5, 0.6) is 17.2 Å². The number of aryl methyl sites for hydroxylation is 1. The van der Waals surface area contributed by atoms with Gasteiger partial charge in [-0.05, 0) is 114 Å². The van der Waals surface area contributed by atoms with Crippen molar-refractivity contribution >= 4 is 29.8 Å². The molecule has 6 aromatic carbocycles. The van der Waals surface area contributed by atoms with Gasteiger partial charge in [-0.1, -0.05) is 74.0 Å². The summed E-state index contributed by atoms with van der Waals surface area (Å²) in [5.74, 6) is 1.80. The Balaban J connectivity index is 1.21. The number of rotatable bonds is 11. The maximum atomic E-state index is 13.6. The number of hydrogen-bond acceptors (Lipinski definition) is 8. The molecular weight excluding hydrogens is 733 g/mol. The molecule has 0 fully saturated rings. The normalized spacial score (nSPS) is 12.3. The van der Waals surface area contributed by atoms with Crippen molar-refractivity contribution in [1.29, 1.82) is 0 Å². The number of benzene rings is 6. The van der Waals surface area contributed by atoms with E-state index >= 15 is 0 Å². The molecule has 6 rings (SSSR count). The van der Waals surface area contributed by atoms with E-state index in [1.165, 1.54) is 48.5 Å². The Kier molecular flexibility index (Phi) is 10.1. The number of hydrogen-bond donors (Lipinski definition) is 1. The van der Waals surface area contributed by atoms with Gasteiger partial charge in [-0.2, -0.15) is 8.42 Å². The minimum absolute atomic E-state index is 0.00869. The van der Waals surface area contributed by atoms with Crippen molar-refractivity contribution in [3.8, 4) is 28.4 Å². The first-order valence-corrected chi connectivity index (χ1v) is 20.7. The fourth-order valence-corrected chi connectivity index (χ4v) is 9.42. The number of sulfone groups is 2. The van der Waals surface area contributed by atoms with Crippen LogP contribution in [0.4, 0.5) is 0 Å². The van der Waals surface area contributed by atoms with E-state index in [1.54, 1.807) is 57.4 Å². The molecule has 6 aromatic rings. The van der Waals surface area contributed by atoms with Crippen LogP contribution in [0.2, 0.25) is 0 Å². The van der Waals surface area contributed by atoms with Crippen LogP contribution >= 0.6 is 0 Å². The van der Waals surface area contributed by atoms with Gasteiger partial charge in [0.2, 0.25) is 19.7 Å². The molecule has 0 spiro atoms. The molecule has 0 amide bonds. The van der Waals surface area contributed by atoms with Crippen molar-refractivity contribution in [1.82, 2.24) is 0 Å². The Morgan fingerprint density at radius 1 is 0.509 bits per heavy atom. The fraction of sp³-hybridized carbons (Fsp3) is 0.122. The van der Waals surface area contributed by atoms with E-state index in [-0.39, 0.29) is 25.1 Å². The van der Waals surface area contributed by atoms with Crippen molar-refractivity contribution in [3.63, 3.8) is 0 Å². The third-order valence-electron chi connectivity index (χ3n) is 9.08. The van der Waals surface area contributed by atoms with Crippen LogP contribution in [0.15, 0.2) is 164 Å². The second-order valence-corrected chi connectivity index (χ2v) is 18.2. The summed E-state index contributed by atoms with van der Waals surface area (Å²) < 4.78 is 100. The third-order valence-corrected chi connectivity index (χ3v) is 13.5. The molecule has 53 heavy (non-hydrogen) atoms. The molecule has 0 bridgehead atoms. The molecular formula is C41H36O9S3. The van der Waals surface area contributed by atoms with Gasteiger partial charge in [0, 0.05) is 5.41 Å². The second kappa shape index (κ2) is 14.3. The summed E-state index contributed by atoms with van der Waals surface area (Å²) in [6.07, 6.45) is 0. The average molecular weight is 769 g/mol. The van der Waals surface area contributed by atoms with Gasteiger partial charge in [-0.15, -0.1) is 0 Å². The monoisotopic (exact) mass is 768 g/mol. The summed E-state index contributed by atoms with van der Waals surface area (Å²) in [6.45, 7) is 5.20. The van der Waals surface area contributed by atoms with E-state index in [0.717, 1.165) is 28.5 Å². The van der Waals surface area contributed by atoms with Gasteiger partial charge < -0.3 is 9.47 Å². The highest BCUT2D eigenvalue weighted by Gasteiger charge is 2.32. The molecule has 0 aliphatic rings. The van der Waals surface area contributed by atoms with Gasteiger partial charge in [-0.25, -0.2) is 16.8 Å². The largest absolute Gasteiger partial charge is 0.497 e. The van der Waals surface area contributed by atoms with Gasteiger partial charge in [0.15, 0.2) is 0 Å². The Bertz CT molecular complexity index is 2600. The smallest absolute Gasteiger partial charge is 0.294 e. The summed E-state index contributed by atoms with van der Waals surface area (Å²) in [5, 5.41) is 0. The zero-order valence-electron chi connectivity index (χ0n) is 29.2. The number of ether oxygens (including phenoxy) is 2. The van der Waals surface area contributed by atoms with Gasteiger partial charge in [-0.3, -0.25) is 4.55 Å². The molecule has 0 heterocycles. The van der Waals surface area contributed by atoms with Crippen LogP contribution in [-0.4, -0.2) is 36.9 Å². The van der Waals surface area contributed by atoms with Gasteiger partial charge in [0.1, 0.15) is 17.2 Å². The molecule has 0 aromatic heterocycles. The molecule has 0 atom stereocenters. The lowest BCUT2D eigenvalue weighted by Crippen LogP contribution is -2.23. The van der Waals surface area contributed by atoms with E-state index in [1.807, 2.05) is 55.5 Å². The van der Waals surface area contributed by atoms with Crippen LogP contribution in [0.25, 0.3) is 11.1 Å². The van der Waals surface area contributed by atoms with E-state index in [0.29, 0.717) is 17.1 Å². The van der Waals surface area contributed by atoms with Crippen LogP contribution in [-0.2, 0) is 35.2 Å². The molecule has 0 saturated carbocycles. The first-order chi connectivity index (χ1) is 25.0. The average Bonchev–Trinajstić information content (AvgIpc) is 3.15. The van der Waals surface area contributed by atoms with E-state index in [2.05, 4.69) is 0 Å². The van der Waals surface area contributed by atoms with Gasteiger partial charge in [0.05, 0.1) is 31.6 Å². The Morgan fingerprint density at radius 2 is 0.906 bits per heavy atom. The molecule has 0 aliphatic heterocycles. The van der Waals surface area contributed by atoms with Crippen molar-refractivity contribution < 1.29 is 39.3 Å². The van der Waals surface area contributed by atoms with Crippen LogP contribution < -0.4 is 9.47 Å². The van der Waals surface area contributed by atoms with E-state index in [9.17, 15) is 29.8 Å². The topological polar surface area (TPSA) is 141 Å². The third kappa shape index (κ3) is 7.77. The van der Waals surface area contributed by atoms with E-state index < -0.39 is 40.1 Å². The first-order valence-electron chi connectivity index (χ1n) is 16.3. The second-order valence-electron chi connectivity index (χ2n) is 12.9. The molecule has 12 heteroatoms. The molecule has 9 nitrogen and oxygen atoms in total. The van der Waals surface area contributed by atoms with Gasteiger partial charge >= 0.3 is 0 Å². The molecule has 0 radical (unpaired) electrons. The first kappa shape index (κ1) is 37.5. The predicted octanol–water partition coefficient (Wildman–Crippen LogP) is 8.70. The van der Waals surface area contributed by atoms with Gasteiger partial charge in [0.25, 0.3) is 10.1 Å². The molecule has 272 valence electrons. The van der Waals surface area contributed by atoms with Crippen molar-refractivity contribution in [2.45, 2.75) is 50.7 Å². The maximum Gasteiger partial charge on any atom is 0.294 e. The summed E-state index contributed by atoms with van der Waals surface area (Å²) in [7, 11) is -11.3. The van der Waals surface area contributed by atoms with Crippen molar-refractivity contribution in [2.24, 2.45) is 0 Å². The summed E-state index contributed by atoms with van der Waals surface area (Å²) in [4.78, 5) is -0.830. The van der Waals surface area contributed by atoms with E-state index in [4.69, 9.17) is 9.47 Å². The summed E-state index contributed by atoms with van der Waals surface area (Å²) in [5.41, 5.74) is 2.42. The Hall–Kier alpha value is -5.27. The lowest BCUT2D eigenvalue weighted by molar-refractivity contribution is 0.415. The Labute approximate surface area is 310 Å². The molecule has 0 unspecified atom stereocenters. The SMILES string of the molecule is COc1ccc(-c2ccc(Oc3ccc(S(=O)(=O)c4ccc(C(C)(C)c5ccc(S(=O)(=O)c6ccc(C)cc6)cc5S(=O)(=O)O)cc4)cc3)cc2)cc1. The highest BCUT2D eigenvalue weighted by Crippen LogP contribution is 2.38. The minimum atomic E-state index is -4.88. The zero-order chi connectivity index (χ0) is 38.2. The highest BCUT2D eigenvalue weighted by atomic mass is 32.2. The lowest BCUT2D eigenvalue weighted by Gasteiger charge is -2.28. The molecule has 1 N–H and O–H groups in total. The maximum absolute atomic E-state index is 13.6. The van der Waals surface area contributed by atoms with Crippen LogP contribution in [0.1, 0.15) is 30.5 Å². The van der Waals surface area contributed by atoms with Crippen LogP contribution in [0, 0.1) is 6.92 Å². The molecule has 0 saturated heterocycles. The van der Waals surface area contributed by atoms with Crippen LogP contribution in [0.3, 0.4) is 0 Å². The number of methoxy groups -OCH3 is 1. The van der Waals surface area contributed by atoms with Crippen molar-refractivity contribution in [2.75, 3.05) is 7.11 Å². The summed E-state index contributed by atoms with van der Waals surface area (Å²) in [6, 6.07) is 36.9. The predicted molar refractivity (Wildman–Crippen MR) is 202 cm³/mol. The summed E-state index contributed by atoms with van der Waals surface area (Å²) >= 11 is 0.